The van der Waals surface area contributed by atoms with Crippen molar-refractivity contribution < 1.29 is 9.32 Å². The Morgan fingerprint density at radius 1 is 1.32 bits per heavy atom. The molecule has 130 valence electrons. The zero-order chi connectivity index (χ0) is 17.3. The summed E-state index contributed by atoms with van der Waals surface area (Å²) in [5.74, 6) is 1.07. The number of hydrogen-bond donors (Lipinski definition) is 1. The summed E-state index contributed by atoms with van der Waals surface area (Å²) in [7, 11) is 0. The van der Waals surface area contributed by atoms with Crippen LogP contribution in [0.15, 0.2) is 27.4 Å². The van der Waals surface area contributed by atoms with Crippen LogP contribution in [-0.2, 0) is 16.8 Å². The Hall–Kier alpha value is -2.06. The van der Waals surface area contributed by atoms with E-state index < -0.39 is 5.54 Å². The number of hydrogen-bond acceptors (Lipinski definition) is 7. The molecule has 1 aliphatic rings. The van der Waals surface area contributed by atoms with Crippen molar-refractivity contribution >= 4 is 28.6 Å². The summed E-state index contributed by atoms with van der Waals surface area (Å²) in [4.78, 5) is 22.7. The molecule has 25 heavy (non-hydrogen) atoms. The normalized spacial score (nSPS) is 16.2. The molecular weight excluding hydrogens is 356 g/mol. The Labute approximate surface area is 153 Å². The Morgan fingerprint density at radius 2 is 2.16 bits per heavy atom. The van der Waals surface area contributed by atoms with Gasteiger partial charge in [0, 0.05) is 12.3 Å². The topological polar surface area (TPSA) is 80.9 Å². The van der Waals surface area contributed by atoms with Gasteiger partial charge in [0.25, 0.3) is 0 Å². The van der Waals surface area contributed by atoms with Crippen LogP contribution in [0.3, 0.4) is 0 Å². The van der Waals surface area contributed by atoms with Crippen molar-refractivity contribution in [3.63, 3.8) is 0 Å². The van der Waals surface area contributed by atoms with Crippen LogP contribution in [0.5, 0.6) is 0 Å². The van der Waals surface area contributed by atoms with E-state index >= 15 is 0 Å². The molecule has 8 heteroatoms. The van der Waals surface area contributed by atoms with Crippen molar-refractivity contribution in [3.8, 4) is 9.88 Å². The summed E-state index contributed by atoms with van der Waals surface area (Å²) in [6.45, 7) is 1.77. The van der Waals surface area contributed by atoms with Gasteiger partial charge in [-0.1, -0.05) is 24.1 Å². The number of amides is 1. The van der Waals surface area contributed by atoms with E-state index in [0.29, 0.717) is 11.7 Å². The maximum absolute atomic E-state index is 12.6. The minimum absolute atomic E-state index is 0.0487. The van der Waals surface area contributed by atoms with Gasteiger partial charge in [-0.25, -0.2) is 4.98 Å². The molecule has 1 amide bonds. The second-order valence-electron chi connectivity index (χ2n) is 6.27. The fourth-order valence-corrected chi connectivity index (χ4v) is 4.89. The third-order valence-electron chi connectivity index (χ3n) is 4.42. The summed E-state index contributed by atoms with van der Waals surface area (Å²) >= 11 is 3.22. The van der Waals surface area contributed by atoms with E-state index in [9.17, 15) is 4.79 Å². The van der Waals surface area contributed by atoms with E-state index in [1.807, 2.05) is 22.9 Å². The minimum atomic E-state index is -0.499. The third-order valence-corrected chi connectivity index (χ3v) is 6.35. The first-order valence-corrected chi connectivity index (χ1v) is 10.0. The van der Waals surface area contributed by atoms with E-state index in [-0.39, 0.29) is 12.3 Å². The van der Waals surface area contributed by atoms with E-state index in [1.54, 1.807) is 29.6 Å². The predicted octanol–water partition coefficient (Wildman–Crippen LogP) is 3.69. The predicted molar refractivity (Wildman–Crippen MR) is 96.5 cm³/mol. The van der Waals surface area contributed by atoms with Crippen LogP contribution in [0.2, 0.25) is 0 Å². The summed E-state index contributed by atoms with van der Waals surface area (Å²) in [6, 6.07) is 4.05. The van der Waals surface area contributed by atoms with Gasteiger partial charge in [0.2, 0.25) is 11.8 Å². The van der Waals surface area contributed by atoms with E-state index in [0.717, 1.165) is 41.3 Å². The number of nitrogens with zero attached hydrogens (tertiary/aromatic N) is 3. The van der Waals surface area contributed by atoms with Gasteiger partial charge in [-0.3, -0.25) is 4.79 Å². The van der Waals surface area contributed by atoms with Gasteiger partial charge in [0.15, 0.2) is 5.82 Å². The third kappa shape index (κ3) is 3.36. The highest BCUT2D eigenvalue weighted by molar-refractivity contribution is 7.20. The molecule has 3 aromatic rings. The number of thiazole rings is 1. The lowest BCUT2D eigenvalue weighted by atomic mass is 9.96. The second kappa shape index (κ2) is 6.68. The van der Waals surface area contributed by atoms with E-state index in [2.05, 4.69) is 20.4 Å². The van der Waals surface area contributed by atoms with Gasteiger partial charge in [-0.05, 0) is 24.3 Å². The summed E-state index contributed by atoms with van der Waals surface area (Å²) < 4.78 is 5.12. The average Bonchev–Trinajstić information content (AvgIpc) is 3.35. The zero-order valence-electron chi connectivity index (χ0n) is 13.8. The lowest BCUT2D eigenvalue weighted by molar-refractivity contribution is -0.122. The SMILES string of the molecule is Cc1nc(C2(NC(=O)Cc3csc(-c4cccs4)n3)CCCC2)no1. The molecule has 0 saturated heterocycles. The van der Waals surface area contributed by atoms with Gasteiger partial charge in [0.1, 0.15) is 10.5 Å². The first kappa shape index (κ1) is 16.4. The standard InChI is InChI=1S/C17H18N4O2S2/c1-11-18-16(21-23-11)17(6-2-3-7-17)20-14(22)9-12-10-25-15(19-12)13-5-4-8-24-13/h4-5,8,10H,2-3,6-7,9H2,1H3,(H,20,22). The molecule has 0 aliphatic heterocycles. The Balaban J connectivity index is 1.47. The molecule has 0 atom stereocenters. The molecule has 3 aromatic heterocycles. The Bertz CT molecular complexity index is 863. The molecule has 0 bridgehead atoms. The fraction of sp³-hybridized carbons (Fsp3) is 0.412. The van der Waals surface area contributed by atoms with Crippen LogP contribution in [0.1, 0.15) is 43.1 Å². The molecule has 3 heterocycles. The van der Waals surface area contributed by atoms with Crippen LogP contribution in [0.4, 0.5) is 0 Å². The maximum atomic E-state index is 12.6. The molecule has 1 N–H and O–H groups in total. The summed E-state index contributed by atoms with van der Waals surface area (Å²) in [6.07, 6.45) is 4.05. The highest BCUT2D eigenvalue weighted by Crippen LogP contribution is 2.37. The first-order valence-electron chi connectivity index (χ1n) is 8.25. The molecule has 0 unspecified atom stereocenters. The van der Waals surface area contributed by atoms with Crippen LogP contribution in [0.25, 0.3) is 9.88 Å². The number of carbonyl (C=O) groups excluding carboxylic acids is 1. The van der Waals surface area contributed by atoms with Crippen molar-refractivity contribution in [2.45, 2.75) is 44.6 Å². The number of thiophene rings is 1. The molecule has 0 radical (unpaired) electrons. The molecule has 6 nitrogen and oxygen atoms in total. The summed E-state index contributed by atoms with van der Waals surface area (Å²) in [5.41, 5.74) is 0.296. The lowest BCUT2D eigenvalue weighted by Gasteiger charge is -2.26. The van der Waals surface area contributed by atoms with Crippen LogP contribution < -0.4 is 5.32 Å². The molecule has 1 aliphatic carbocycles. The van der Waals surface area contributed by atoms with E-state index in [1.165, 1.54) is 0 Å². The highest BCUT2D eigenvalue weighted by atomic mass is 32.1. The van der Waals surface area contributed by atoms with Gasteiger partial charge in [0.05, 0.1) is 17.0 Å². The van der Waals surface area contributed by atoms with Gasteiger partial charge < -0.3 is 9.84 Å². The first-order chi connectivity index (χ1) is 12.1. The molecule has 0 aromatic carbocycles. The quantitative estimate of drug-likeness (QED) is 0.736. The largest absolute Gasteiger partial charge is 0.343 e. The molecule has 4 rings (SSSR count). The molecular formula is C17H18N4O2S2. The van der Waals surface area contributed by atoms with E-state index in [4.69, 9.17) is 4.52 Å². The molecule has 1 fully saturated rings. The van der Waals surface area contributed by atoms with Crippen molar-refractivity contribution in [3.05, 3.63) is 40.3 Å². The summed E-state index contributed by atoms with van der Waals surface area (Å²) in [5, 5.41) is 12.2. The number of aryl methyl sites for hydroxylation is 1. The molecule has 0 spiro atoms. The molecule has 1 saturated carbocycles. The smallest absolute Gasteiger partial charge is 0.226 e. The Morgan fingerprint density at radius 3 is 2.84 bits per heavy atom. The van der Waals surface area contributed by atoms with Crippen molar-refractivity contribution in [1.29, 1.82) is 0 Å². The van der Waals surface area contributed by atoms with Gasteiger partial charge >= 0.3 is 0 Å². The number of carbonyl (C=O) groups is 1. The van der Waals surface area contributed by atoms with Crippen molar-refractivity contribution in [1.82, 2.24) is 20.4 Å². The minimum Gasteiger partial charge on any atom is -0.343 e. The maximum Gasteiger partial charge on any atom is 0.226 e. The van der Waals surface area contributed by atoms with Crippen molar-refractivity contribution in [2.24, 2.45) is 0 Å². The Kier molecular flexibility index (Phi) is 4.39. The monoisotopic (exact) mass is 374 g/mol. The van der Waals surface area contributed by atoms with Crippen LogP contribution in [0, 0.1) is 6.92 Å². The lowest BCUT2D eigenvalue weighted by Crippen LogP contribution is -2.45. The van der Waals surface area contributed by atoms with Gasteiger partial charge in [-0.2, -0.15) is 4.98 Å². The highest BCUT2D eigenvalue weighted by Gasteiger charge is 2.41. The zero-order valence-corrected chi connectivity index (χ0v) is 15.5. The van der Waals surface area contributed by atoms with Gasteiger partial charge in [-0.15, -0.1) is 22.7 Å². The number of rotatable bonds is 5. The van der Waals surface area contributed by atoms with Crippen molar-refractivity contribution in [2.75, 3.05) is 0 Å². The van der Waals surface area contributed by atoms with Crippen LogP contribution in [-0.4, -0.2) is 21.0 Å². The average molecular weight is 374 g/mol. The number of aromatic nitrogens is 3. The second-order valence-corrected chi connectivity index (χ2v) is 8.08. The van der Waals surface area contributed by atoms with Crippen LogP contribution >= 0.6 is 22.7 Å². The number of nitrogens with one attached hydrogen (secondary N) is 1. The fourth-order valence-electron chi connectivity index (χ4n) is 3.25.